The molecule has 26 heavy (non-hydrogen) atoms. The Bertz CT molecular complexity index is 872. The Balaban J connectivity index is 1.87. The molecule has 0 aliphatic carbocycles. The van der Waals surface area contributed by atoms with Crippen molar-refractivity contribution in [2.24, 2.45) is 0 Å². The first kappa shape index (κ1) is 17.6. The number of amides is 1. The summed E-state index contributed by atoms with van der Waals surface area (Å²) < 4.78 is 5.40. The van der Waals surface area contributed by atoms with Gasteiger partial charge in [-0.2, -0.15) is 5.21 Å². The van der Waals surface area contributed by atoms with Crippen LogP contribution in [0.15, 0.2) is 42.5 Å². The number of anilines is 1. The molecule has 0 saturated carbocycles. The Kier molecular flexibility index (Phi) is 5.26. The van der Waals surface area contributed by atoms with Crippen LogP contribution in [0.4, 0.5) is 5.69 Å². The fourth-order valence-electron chi connectivity index (χ4n) is 2.99. The van der Waals surface area contributed by atoms with E-state index in [1.165, 1.54) is 0 Å². The number of para-hydroxylation sites is 1. The SMILES string of the molecule is COc1ccccc1C[C@@H](C(=O)Nc1cc(C)cc(C)c1)c1nn[nH]n1. The van der Waals surface area contributed by atoms with Crippen molar-refractivity contribution in [3.63, 3.8) is 0 Å². The Morgan fingerprint density at radius 1 is 1.19 bits per heavy atom. The van der Waals surface area contributed by atoms with Crippen LogP contribution in [0.3, 0.4) is 0 Å². The summed E-state index contributed by atoms with van der Waals surface area (Å²) in [5, 5.41) is 17.0. The third-order valence-corrected chi connectivity index (χ3v) is 4.10. The number of aromatic amines is 1. The van der Waals surface area contributed by atoms with E-state index < -0.39 is 5.92 Å². The molecule has 0 aliphatic rings. The van der Waals surface area contributed by atoms with Crippen LogP contribution < -0.4 is 10.1 Å². The van der Waals surface area contributed by atoms with Crippen LogP contribution in [0.1, 0.15) is 28.4 Å². The minimum Gasteiger partial charge on any atom is -0.496 e. The topological polar surface area (TPSA) is 92.8 Å². The van der Waals surface area contributed by atoms with Crippen molar-refractivity contribution >= 4 is 11.6 Å². The van der Waals surface area contributed by atoms with E-state index in [0.717, 1.165) is 28.1 Å². The first-order valence-electron chi connectivity index (χ1n) is 8.31. The highest BCUT2D eigenvalue weighted by atomic mass is 16.5. The van der Waals surface area contributed by atoms with Crippen molar-refractivity contribution < 1.29 is 9.53 Å². The number of aromatic nitrogens is 4. The normalized spacial score (nSPS) is 11.8. The minimum atomic E-state index is -0.592. The number of H-pyrrole nitrogens is 1. The van der Waals surface area contributed by atoms with Crippen molar-refractivity contribution in [1.29, 1.82) is 0 Å². The van der Waals surface area contributed by atoms with E-state index in [0.29, 0.717) is 12.2 Å². The number of hydrogen-bond donors (Lipinski definition) is 2. The van der Waals surface area contributed by atoms with Crippen LogP contribution in [-0.2, 0) is 11.2 Å². The number of aryl methyl sites for hydroxylation is 2. The maximum Gasteiger partial charge on any atom is 0.235 e. The largest absolute Gasteiger partial charge is 0.496 e. The van der Waals surface area contributed by atoms with Crippen molar-refractivity contribution in [3.8, 4) is 5.75 Å². The second kappa shape index (κ2) is 7.77. The van der Waals surface area contributed by atoms with Gasteiger partial charge in [0.25, 0.3) is 0 Å². The van der Waals surface area contributed by atoms with Crippen LogP contribution in [0.25, 0.3) is 0 Å². The van der Waals surface area contributed by atoms with E-state index in [4.69, 9.17) is 4.74 Å². The molecule has 0 unspecified atom stereocenters. The van der Waals surface area contributed by atoms with Crippen LogP contribution in [0.5, 0.6) is 5.75 Å². The predicted molar refractivity (Wildman–Crippen MR) is 98.2 cm³/mol. The molecule has 1 aromatic heterocycles. The fraction of sp³-hybridized carbons (Fsp3) is 0.263. The van der Waals surface area contributed by atoms with Crippen LogP contribution in [0, 0.1) is 13.8 Å². The Morgan fingerprint density at radius 2 is 1.92 bits per heavy atom. The van der Waals surface area contributed by atoms with Gasteiger partial charge in [0.2, 0.25) is 5.91 Å². The molecule has 134 valence electrons. The number of tetrazole rings is 1. The van der Waals surface area contributed by atoms with Gasteiger partial charge >= 0.3 is 0 Å². The van der Waals surface area contributed by atoms with Crippen LogP contribution in [0.2, 0.25) is 0 Å². The van der Waals surface area contributed by atoms with Crippen LogP contribution >= 0.6 is 0 Å². The van der Waals surface area contributed by atoms with Gasteiger partial charge in [0.15, 0.2) is 5.82 Å². The maximum atomic E-state index is 13.0. The molecule has 3 rings (SSSR count). The summed E-state index contributed by atoms with van der Waals surface area (Å²) in [5.41, 5.74) is 3.82. The van der Waals surface area contributed by atoms with Gasteiger partial charge in [-0.15, -0.1) is 10.2 Å². The van der Waals surface area contributed by atoms with E-state index in [9.17, 15) is 4.79 Å². The van der Waals surface area contributed by atoms with Gasteiger partial charge in [0.1, 0.15) is 11.7 Å². The van der Waals surface area contributed by atoms with E-state index >= 15 is 0 Å². The molecule has 1 heterocycles. The van der Waals surface area contributed by atoms with Crippen molar-refractivity contribution in [2.75, 3.05) is 12.4 Å². The number of carbonyl (C=O) groups is 1. The zero-order valence-electron chi connectivity index (χ0n) is 15.0. The number of rotatable bonds is 6. The predicted octanol–water partition coefficient (Wildman–Crippen LogP) is 2.79. The number of hydrogen-bond acceptors (Lipinski definition) is 5. The minimum absolute atomic E-state index is 0.192. The molecule has 7 nitrogen and oxygen atoms in total. The average Bonchev–Trinajstić information content (AvgIpc) is 3.13. The van der Waals surface area contributed by atoms with Gasteiger partial charge in [-0.25, -0.2) is 0 Å². The van der Waals surface area contributed by atoms with Gasteiger partial charge in [-0.1, -0.05) is 29.5 Å². The second-order valence-corrected chi connectivity index (χ2v) is 6.20. The van der Waals surface area contributed by atoms with Crippen molar-refractivity contribution in [1.82, 2.24) is 20.6 Å². The lowest BCUT2D eigenvalue weighted by molar-refractivity contribution is -0.117. The summed E-state index contributed by atoms with van der Waals surface area (Å²) in [4.78, 5) is 13.0. The number of benzene rings is 2. The molecule has 0 bridgehead atoms. The van der Waals surface area contributed by atoms with Crippen molar-refractivity contribution in [2.45, 2.75) is 26.2 Å². The lowest BCUT2D eigenvalue weighted by Gasteiger charge is -2.16. The second-order valence-electron chi connectivity index (χ2n) is 6.20. The summed E-state index contributed by atoms with van der Waals surface area (Å²) in [6.07, 6.45) is 0.403. The smallest absolute Gasteiger partial charge is 0.235 e. The summed E-state index contributed by atoms with van der Waals surface area (Å²) in [7, 11) is 1.61. The molecule has 1 amide bonds. The molecular formula is C19H21N5O2. The van der Waals surface area contributed by atoms with Gasteiger partial charge in [0, 0.05) is 5.69 Å². The quantitative estimate of drug-likeness (QED) is 0.712. The van der Waals surface area contributed by atoms with Gasteiger partial charge < -0.3 is 10.1 Å². The molecule has 0 spiro atoms. The molecule has 0 radical (unpaired) electrons. The molecule has 1 atom stereocenters. The lowest BCUT2D eigenvalue weighted by atomic mass is 9.96. The van der Waals surface area contributed by atoms with Gasteiger partial charge in [-0.05, 0) is 55.2 Å². The number of methoxy groups -OCH3 is 1. The lowest BCUT2D eigenvalue weighted by Crippen LogP contribution is -2.24. The molecular weight excluding hydrogens is 330 g/mol. The Hall–Kier alpha value is -3.22. The fourth-order valence-corrected chi connectivity index (χ4v) is 2.99. The highest BCUT2D eigenvalue weighted by Gasteiger charge is 2.26. The highest BCUT2D eigenvalue weighted by Crippen LogP contribution is 2.26. The first-order chi connectivity index (χ1) is 12.6. The van der Waals surface area contributed by atoms with Crippen LogP contribution in [-0.4, -0.2) is 33.6 Å². The highest BCUT2D eigenvalue weighted by molar-refractivity contribution is 5.95. The summed E-state index contributed by atoms with van der Waals surface area (Å²) in [5.74, 6) is 0.283. The van der Waals surface area contributed by atoms with E-state index in [2.05, 4.69) is 32.0 Å². The maximum absolute atomic E-state index is 13.0. The summed E-state index contributed by atoms with van der Waals surface area (Å²) >= 11 is 0. The van der Waals surface area contributed by atoms with E-state index in [1.54, 1.807) is 7.11 Å². The third kappa shape index (κ3) is 4.05. The summed E-state index contributed by atoms with van der Waals surface area (Å²) in [6.45, 7) is 3.99. The van der Waals surface area contributed by atoms with E-state index in [1.807, 2.05) is 50.2 Å². The zero-order valence-corrected chi connectivity index (χ0v) is 15.0. The number of carbonyl (C=O) groups excluding carboxylic acids is 1. The third-order valence-electron chi connectivity index (χ3n) is 4.10. The van der Waals surface area contributed by atoms with Gasteiger partial charge in [-0.3, -0.25) is 4.79 Å². The Labute approximate surface area is 151 Å². The molecule has 3 aromatic rings. The number of nitrogens with one attached hydrogen (secondary N) is 2. The van der Waals surface area contributed by atoms with E-state index in [-0.39, 0.29) is 5.91 Å². The summed E-state index contributed by atoms with van der Waals surface area (Å²) in [6, 6.07) is 13.5. The van der Waals surface area contributed by atoms with Crippen molar-refractivity contribution in [3.05, 3.63) is 65.0 Å². The molecule has 0 aliphatic heterocycles. The Morgan fingerprint density at radius 3 is 2.58 bits per heavy atom. The average molecular weight is 351 g/mol. The zero-order chi connectivity index (χ0) is 18.5. The van der Waals surface area contributed by atoms with Gasteiger partial charge in [0.05, 0.1) is 7.11 Å². The molecule has 0 saturated heterocycles. The molecule has 0 fully saturated rings. The monoisotopic (exact) mass is 351 g/mol. The number of ether oxygens (including phenoxy) is 1. The first-order valence-corrected chi connectivity index (χ1v) is 8.31. The number of nitrogens with zero attached hydrogens (tertiary/aromatic N) is 3. The standard InChI is InChI=1S/C19H21N5O2/c1-12-8-13(2)10-15(9-12)20-19(25)16(18-21-23-24-22-18)11-14-6-4-5-7-17(14)26-3/h4-10,16H,11H2,1-3H3,(H,20,25)(H,21,22,23,24)/t16-/m1/s1. The molecule has 7 heteroatoms. The molecule has 2 N–H and O–H groups in total. The molecule has 2 aromatic carbocycles.